The zero-order chi connectivity index (χ0) is 33.0. The van der Waals surface area contributed by atoms with E-state index < -0.39 is 11.6 Å². The van der Waals surface area contributed by atoms with Crippen molar-refractivity contribution in [2.45, 2.75) is 26.4 Å². The van der Waals surface area contributed by atoms with Gasteiger partial charge in [-0.1, -0.05) is 6.58 Å². The van der Waals surface area contributed by atoms with Crippen LogP contribution in [0, 0.1) is 18.6 Å². The second-order valence-corrected chi connectivity index (χ2v) is 12.5. The molecule has 0 spiro atoms. The van der Waals surface area contributed by atoms with Gasteiger partial charge in [0.25, 0.3) is 0 Å². The number of halogens is 2. The number of ether oxygens (including phenoxy) is 2. The Morgan fingerprint density at radius 2 is 1.98 bits per heavy atom. The molecular formula is C35H32F2N6O3S. The second kappa shape index (κ2) is 12.0. The Balaban J connectivity index is 1.51. The van der Waals surface area contributed by atoms with Crippen LogP contribution in [-0.2, 0) is 23.1 Å². The Labute approximate surface area is 273 Å². The molecule has 47 heavy (non-hydrogen) atoms. The predicted octanol–water partition coefficient (Wildman–Crippen LogP) is 7.08. The lowest BCUT2D eigenvalue weighted by molar-refractivity contribution is -0.129. The van der Waals surface area contributed by atoms with Crippen LogP contribution < -0.4 is 4.74 Å². The summed E-state index contributed by atoms with van der Waals surface area (Å²) in [6, 6.07) is 7.63. The number of aryl methyl sites for hydroxylation is 2. The van der Waals surface area contributed by atoms with E-state index in [0.29, 0.717) is 35.7 Å². The van der Waals surface area contributed by atoms with Gasteiger partial charge in [-0.15, -0.1) is 11.3 Å². The largest absolute Gasteiger partial charge is 0.490 e. The van der Waals surface area contributed by atoms with Gasteiger partial charge in [-0.25, -0.2) is 13.8 Å². The molecule has 0 bridgehead atoms. The van der Waals surface area contributed by atoms with Gasteiger partial charge < -0.3 is 18.9 Å². The van der Waals surface area contributed by atoms with Crippen LogP contribution in [0.25, 0.3) is 54.9 Å². The first-order chi connectivity index (χ1) is 22.7. The molecule has 1 aromatic carbocycles. The van der Waals surface area contributed by atoms with Crippen LogP contribution in [0.4, 0.5) is 8.78 Å². The Morgan fingerprint density at radius 1 is 1.15 bits per heavy atom. The number of carbonyl (C=O) groups is 1. The highest BCUT2D eigenvalue weighted by Crippen LogP contribution is 2.47. The van der Waals surface area contributed by atoms with E-state index in [1.165, 1.54) is 30.6 Å². The molecule has 1 aliphatic rings. The molecular weight excluding hydrogens is 622 g/mol. The number of methoxy groups -OCH3 is 1. The molecule has 0 radical (unpaired) electrons. The van der Waals surface area contributed by atoms with Gasteiger partial charge in [0.15, 0.2) is 0 Å². The lowest BCUT2D eigenvalue weighted by Crippen LogP contribution is -2.40. The van der Waals surface area contributed by atoms with E-state index in [-0.39, 0.29) is 36.5 Å². The molecule has 0 saturated carbocycles. The van der Waals surface area contributed by atoms with E-state index in [1.54, 1.807) is 11.1 Å². The van der Waals surface area contributed by atoms with E-state index in [1.807, 2.05) is 53.9 Å². The van der Waals surface area contributed by atoms with Gasteiger partial charge in [-0.2, -0.15) is 5.10 Å². The first-order valence-electron chi connectivity index (χ1n) is 15.2. The summed E-state index contributed by atoms with van der Waals surface area (Å²) in [6.07, 6.45) is 5.14. The van der Waals surface area contributed by atoms with E-state index in [9.17, 15) is 9.18 Å². The summed E-state index contributed by atoms with van der Waals surface area (Å²) < 4.78 is 46.4. The van der Waals surface area contributed by atoms with Gasteiger partial charge >= 0.3 is 0 Å². The zero-order valence-corrected chi connectivity index (χ0v) is 27.2. The number of thiophene rings is 1. The maximum Gasteiger partial charge on any atom is 0.246 e. The predicted molar refractivity (Wildman–Crippen MR) is 178 cm³/mol. The fraction of sp³-hybridized carbons (Fsp3) is 0.257. The van der Waals surface area contributed by atoms with Crippen LogP contribution in [0.1, 0.15) is 24.2 Å². The highest BCUT2D eigenvalue weighted by atomic mass is 32.1. The highest BCUT2D eigenvalue weighted by molar-refractivity contribution is 7.18. The van der Waals surface area contributed by atoms with Gasteiger partial charge in [0.2, 0.25) is 5.91 Å². The molecule has 6 heterocycles. The molecule has 0 fully saturated rings. The summed E-state index contributed by atoms with van der Waals surface area (Å²) in [7, 11) is 3.50. The normalized spacial score (nSPS) is 14.6. The van der Waals surface area contributed by atoms with Crippen molar-refractivity contribution in [1.29, 1.82) is 0 Å². The Hall–Kier alpha value is -4.94. The number of amides is 1. The average Bonchev–Trinajstić information content (AvgIpc) is 3.78. The van der Waals surface area contributed by atoms with E-state index in [4.69, 9.17) is 24.5 Å². The fourth-order valence-electron chi connectivity index (χ4n) is 6.42. The fourth-order valence-corrected chi connectivity index (χ4v) is 7.36. The minimum atomic E-state index is -0.787. The molecule has 6 aromatic rings. The number of nitrogens with zero attached hydrogens (tertiary/aromatic N) is 6. The molecule has 0 saturated heterocycles. The van der Waals surface area contributed by atoms with Crippen LogP contribution in [0.5, 0.6) is 5.75 Å². The highest BCUT2D eigenvalue weighted by Gasteiger charge is 2.31. The third kappa shape index (κ3) is 5.17. The Morgan fingerprint density at radius 3 is 2.77 bits per heavy atom. The Bertz CT molecular complexity index is 2200. The number of hydrogen-bond acceptors (Lipinski definition) is 7. The zero-order valence-electron chi connectivity index (χ0n) is 26.4. The van der Waals surface area contributed by atoms with Crippen LogP contribution in [0.2, 0.25) is 0 Å². The van der Waals surface area contributed by atoms with Gasteiger partial charge in [0.05, 0.1) is 47.2 Å². The molecule has 1 atom stereocenters. The third-order valence-corrected chi connectivity index (χ3v) is 9.60. The van der Waals surface area contributed by atoms with E-state index >= 15 is 4.39 Å². The topological polar surface area (TPSA) is 87.3 Å². The van der Waals surface area contributed by atoms with Gasteiger partial charge in [0, 0.05) is 66.4 Å². The number of benzene rings is 1. The summed E-state index contributed by atoms with van der Waals surface area (Å²) >= 11 is 1.43. The number of aromatic nitrogens is 5. The summed E-state index contributed by atoms with van der Waals surface area (Å²) in [4.78, 5) is 24.3. The van der Waals surface area contributed by atoms with Crippen LogP contribution in [0.3, 0.4) is 0 Å². The molecule has 12 heteroatoms. The number of hydrogen-bond donors (Lipinski definition) is 0. The molecule has 1 amide bonds. The summed E-state index contributed by atoms with van der Waals surface area (Å²) in [5, 5.41) is 7.65. The van der Waals surface area contributed by atoms with E-state index in [2.05, 4.69) is 12.6 Å². The molecule has 0 aliphatic carbocycles. The number of rotatable bonds is 8. The van der Waals surface area contributed by atoms with Crippen LogP contribution in [0.15, 0.2) is 60.8 Å². The minimum Gasteiger partial charge on any atom is -0.490 e. The first kappa shape index (κ1) is 30.7. The molecule has 1 aliphatic heterocycles. The van der Waals surface area contributed by atoms with Gasteiger partial charge in [-0.3, -0.25) is 14.5 Å². The van der Waals surface area contributed by atoms with Gasteiger partial charge in [-0.05, 0) is 49.1 Å². The third-order valence-electron chi connectivity index (χ3n) is 8.66. The number of carbonyl (C=O) groups excluding carboxylic acids is 1. The van der Waals surface area contributed by atoms with Crippen molar-refractivity contribution >= 4 is 38.4 Å². The molecule has 240 valence electrons. The number of fused-ring (bicyclic) bond motifs is 3. The summed E-state index contributed by atoms with van der Waals surface area (Å²) in [6.45, 7) is 8.85. The lowest BCUT2D eigenvalue weighted by Gasteiger charge is -2.33. The lowest BCUT2D eigenvalue weighted by atomic mass is 9.96. The molecule has 7 rings (SSSR count). The van der Waals surface area contributed by atoms with Crippen molar-refractivity contribution in [3.05, 3.63) is 83.7 Å². The van der Waals surface area contributed by atoms with Crippen LogP contribution in [-0.4, -0.2) is 62.0 Å². The summed E-state index contributed by atoms with van der Waals surface area (Å²) in [5.41, 5.74) is 6.56. The van der Waals surface area contributed by atoms with Crippen molar-refractivity contribution in [3.8, 4) is 39.5 Å². The van der Waals surface area contributed by atoms with Gasteiger partial charge in [0.1, 0.15) is 35.4 Å². The molecule has 0 N–H and O–H groups in total. The smallest absolute Gasteiger partial charge is 0.246 e. The molecule has 9 nitrogen and oxygen atoms in total. The second-order valence-electron chi connectivity index (χ2n) is 11.6. The first-order valence-corrected chi connectivity index (χ1v) is 16.0. The van der Waals surface area contributed by atoms with Crippen molar-refractivity contribution in [3.63, 3.8) is 0 Å². The standard InChI is InChI=1S/C35H32F2N6O3S/c1-6-29(44)42-8-9-43-26(20(42)3)16-25(40-43)34-31(30-24(37)14-22(36)15-28(30)46-11-10-45-5)35-23(7-12-47-35)33(39-34)21-13-27-32(38-17-21)19(2)18-41(27)4/h6-7,12-18,20H,1,8-11H2,2-5H3/t20-/m1/s1. The number of pyridine rings is 2. The van der Waals surface area contributed by atoms with Crippen LogP contribution >= 0.6 is 11.3 Å². The Kier molecular flexibility index (Phi) is 7.85. The van der Waals surface area contributed by atoms with Crippen molar-refractivity contribution < 1.29 is 23.0 Å². The maximum atomic E-state index is 16.1. The molecule has 0 unspecified atom stereocenters. The average molecular weight is 655 g/mol. The molecule has 5 aromatic heterocycles. The van der Waals surface area contributed by atoms with Crippen molar-refractivity contribution in [2.24, 2.45) is 7.05 Å². The summed E-state index contributed by atoms with van der Waals surface area (Å²) in [5.74, 6) is -1.68. The minimum absolute atomic E-state index is 0.0347. The van der Waals surface area contributed by atoms with Crippen molar-refractivity contribution in [1.82, 2.24) is 29.2 Å². The quantitative estimate of drug-likeness (QED) is 0.129. The van der Waals surface area contributed by atoms with E-state index in [0.717, 1.165) is 44.0 Å². The van der Waals surface area contributed by atoms with Crippen molar-refractivity contribution in [2.75, 3.05) is 26.9 Å². The SMILES string of the molecule is C=CC(=O)N1CCn2nc(-c3nc(-c4cnc5c(C)cn(C)c5c4)c4ccsc4c3-c3c(F)cc(F)cc3OCCOC)cc2[C@H]1C. The monoisotopic (exact) mass is 654 g/mol. The maximum absolute atomic E-state index is 16.1.